The molecular formula is C30H25Cl2N3O5. The molecule has 204 valence electrons. The molecule has 3 aliphatic rings. The SMILES string of the molecule is COc1ccc(N2C(=O)[C@@H]3[C@H](C(=O)Nc4ccc(Cl)cc4)[C@H]4C=C[C@@]3(CNC(=O)[C@@H]2c2ccc(Cl)cc2)O4)cc1. The van der Waals surface area contributed by atoms with Crippen LogP contribution in [0.15, 0.2) is 84.9 Å². The van der Waals surface area contributed by atoms with Crippen LogP contribution in [0.1, 0.15) is 11.6 Å². The summed E-state index contributed by atoms with van der Waals surface area (Å²) in [4.78, 5) is 43.6. The maximum absolute atomic E-state index is 14.7. The Morgan fingerprint density at radius 2 is 1.65 bits per heavy atom. The number of anilines is 2. The van der Waals surface area contributed by atoms with E-state index in [0.717, 1.165) is 0 Å². The molecule has 6 rings (SSSR count). The molecular weight excluding hydrogens is 553 g/mol. The van der Waals surface area contributed by atoms with Gasteiger partial charge < -0.3 is 20.1 Å². The minimum absolute atomic E-state index is 0.0422. The fraction of sp³-hybridized carbons (Fsp3) is 0.233. The van der Waals surface area contributed by atoms with Crippen LogP contribution in [-0.2, 0) is 19.1 Å². The quantitative estimate of drug-likeness (QED) is 0.425. The number of nitrogens with zero attached hydrogens (tertiary/aromatic N) is 1. The molecule has 3 aliphatic heterocycles. The zero-order valence-electron chi connectivity index (χ0n) is 21.3. The van der Waals surface area contributed by atoms with Gasteiger partial charge in [-0.05, 0) is 66.2 Å². The zero-order chi connectivity index (χ0) is 28.0. The van der Waals surface area contributed by atoms with Crippen LogP contribution >= 0.6 is 23.2 Å². The first-order chi connectivity index (χ1) is 19.3. The minimum atomic E-state index is -1.17. The van der Waals surface area contributed by atoms with Crippen molar-refractivity contribution in [1.29, 1.82) is 0 Å². The second-order valence-electron chi connectivity index (χ2n) is 9.97. The third-order valence-electron chi connectivity index (χ3n) is 7.66. The number of hydrogen-bond acceptors (Lipinski definition) is 5. The van der Waals surface area contributed by atoms with E-state index >= 15 is 0 Å². The number of rotatable bonds is 5. The van der Waals surface area contributed by atoms with Gasteiger partial charge in [-0.3, -0.25) is 19.3 Å². The van der Waals surface area contributed by atoms with Crippen molar-refractivity contribution in [2.75, 3.05) is 23.9 Å². The van der Waals surface area contributed by atoms with Gasteiger partial charge in [-0.2, -0.15) is 0 Å². The van der Waals surface area contributed by atoms with Crippen molar-refractivity contribution in [1.82, 2.24) is 5.32 Å². The molecule has 3 heterocycles. The summed E-state index contributed by atoms with van der Waals surface area (Å²) in [5, 5.41) is 6.93. The van der Waals surface area contributed by atoms with Crippen molar-refractivity contribution in [3.05, 3.63) is 101 Å². The topological polar surface area (TPSA) is 97.0 Å². The molecule has 2 N–H and O–H groups in total. The lowest BCUT2D eigenvalue weighted by molar-refractivity contribution is -0.136. The fourth-order valence-electron chi connectivity index (χ4n) is 5.77. The molecule has 0 aliphatic carbocycles. The molecule has 0 unspecified atom stereocenters. The fourth-order valence-corrected chi connectivity index (χ4v) is 6.02. The molecule has 2 saturated heterocycles. The molecule has 0 aromatic heterocycles. The van der Waals surface area contributed by atoms with E-state index in [9.17, 15) is 14.4 Å². The summed E-state index contributed by atoms with van der Waals surface area (Å²) in [5.74, 6) is -2.29. The Morgan fingerprint density at radius 3 is 2.30 bits per heavy atom. The van der Waals surface area contributed by atoms with Gasteiger partial charge >= 0.3 is 0 Å². The Hall–Kier alpha value is -3.85. The number of ether oxygens (including phenoxy) is 2. The Kier molecular flexibility index (Phi) is 6.78. The van der Waals surface area contributed by atoms with Crippen LogP contribution < -0.4 is 20.3 Å². The van der Waals surface area contributed by atoms with Gasteiger partial charge in [0.25, 0.3) is 0 Å². The molecule has 0 saturated carbocycles. The van der Waals surface area contributed by atoms with Gasteiger partial charge in [-0.15, -0.1) is 0 Å². The Bertz CT molecular complexity index is 1490. The largest absolute Gasteiger partial charge is 0.497 e. The standard InChI is InChI=1S/C30H25Cl2N3O5/c1-39-22-12-10-21(11-13-22)35-26(17-2-4-18(31)5-3-17)28(37)33-16-30-15-14-23(40-30)24(25(30)29(35)38)27(36)34-20-8-6-19(32)7-9-20/h2-15,23-26H,16H2,1H3,(H,33,37)(H,34,36)/t23-,24-,25+,26+,30+/m1/s1. The summed E-state index contributed by atoms with van der Waals surface area (Å²) in [6, 6.07) is 19.4. The molecule has 2 fully saturated rings. The zero-order valence-corrected chi connectivity index (χ0v) is 22.9. The van der Waals surface area contributed by atoms with Crippen molar-refractivity contribution < 1.29 is 23.9 Å². The van der Waals surface area contributed by atoms with Crippen molar-refractivity contribution in [3.8, 4) is 5.75 Å². The number of carbonyl (C=O) groups excluding carboxylic acids is 3. The van der Waals surface area contributed by atoms with Gasteiger partial charge in [-0.1, -0.05) is 47.5 Å². The Labute approximate surface area is 240 Å². The monoisotopic (exact) mass is 577 g/mol. The van der Waals surface area contributed by atoms with Gasteiger partial charge in [0.2, 0.25) is 17.7 Å². The summed E-state index contributed by atoms with van der Waals surface area (Å²) in [6.45, 7) is 0.0422. The molecule has 40 heavy (non-hydrogen) atoms. The second-order valence-corrected chi connectivity index (χ2v) is 10.8. The van der Waals surface area contributed by atoms with Gasteiger partial charge in [0.05, 0.1) is 31.6 Å². The number of halogens is 2. The smallest absolute Gasteiger partial charge is 0.247 e. The first-order valence-electron chi connectivity index (χ1n) is 12.7. The van der Waals surface area contributed by atoms with Crippen molar-refractivity contribution in [2.24, 2.45) is 11.8 Å². The first kappa shape index (κ1) is 26.4. The van der Waals surface area contributed by atoms with Gasteiger partial charge in [-0.25, -0.2) is 0 Å². The average Bonchev–Trinajstić information content (AvgIpc) is 3.53. The molecule has 1 spiro atoms. The molecule has 3 amide bonds. The number of amides is 3. The van der Waals surface area contributed by atoms with Gasteiger partial charge in [0.15, 0.2) is 0 Å². The van der Waals surface area contributed by atoms with Crippen LogP contribution in [0.2, 0.25) is 10.0 Å². The number of methoxy groups -OCH3 is 1. The third-order valence-corrected chi connectivity index (χ3v) is 8.17. The van der Waals surface area contributed by atoms with Gasteiger partial charge in [0.1, 0.15) is 17.4 Å². The molecule has 8 nitrogen and oxygen atoms in total. The van der Waals surface area contributed by atoms with E-state index < -0.39 is 35.5 Å². The Balaban J connectivity index is 1.44. The number of carbonyl (C=O) groups is 3. The Morgan fingerprint density at radius 1 is 1.00 bits per heavy atom. The number of fused-ring (bicyclic) bond motifs is 1. The first-order valence-corrected chi connectivity index (χ1v) is 13.5. The summed E-state index contributed by atoms with van der Waals surface area (Å²) in [6.07, 6.45) is 2.95. The summed E-state index contributed by atoms with van der Waals surface area (Å²) in [5.41, 5.74) is 0.424. The van der Waals surface area contributed by atoms with E-state index in [1.54, 1.807) is 92.1 Å². The van der Waals surface area contributed by atoms with E-state index in [2.05, 4.69) is 10.6 Å². The highest BCUT2D eigenvalue weighted by atomic mass is 35.5. The molecule has 2 bridgehead atoms. The summed E-state index contributed by atoms with van der Waals surface area (Å²) >= 11 is 12.1. The minimum Gasteiger partial charge on any atom is -0.497 e. The van der Waals surface area contributed by atoms with Crippen LogP contribution in [0.5, 0.6) is 5.75 Å². The number of nitrogens with one attached hydrogen (secondary N) is 2. The summed E-state index contributed by atoms with van der Waals surface area (Å²) in [7, 11) is 1.55. The van der Waals surface area contributed by atoms with Crippen LogP contribution in [0.25, 0.3) is 0 Å². The normalized spacial score (nSPS) is 27.0. The highest BCUT2D eigenvalue weighted by Crippen LogP contribution is 2.50. The van der Waals surface area contributed by atoms with E-state index in [4.69, 9.17) is 32.7 Å². The van der Waals surface area contributed by atoms with Gasteiger partial charge in [0, 0.05) is 21.4 Å². The lowest BCUT2D eigenvalue weighted by atomic mass is 9.73. The van der Waals surface area contributed by atoms with Crippen molar-refractivity contribution >= 4 is 52.3 Å². The molecule has 10 heteroatoms. The summed E-state index contributed by atoms with van der Waals surface area (Å²) < 4.78 is 11.6. The highest BCUT2D eigenvalue weighted by molar-refractivity contribution is 6.31. The highest BCUT2D eigenvalue weighted by Gasteiger charge is 2.64. The van der Waals surface area contributed by atoms with Crippen LogP contribution in [-0.4, -0.2) is 43.1 Å². The lowest BCUT2D eigenvalue weighted by Gasteiger charge is -2.41. The lowest BCUT2D eigenvalue weighted by Crippen LogP contribution is -2.60. The van der Waals surface area contributed by atoms with E-state index in [-0.39, 0.29) is 18.4 Å². The average molecular weight is 578 g/mol. The molecule has 3 aromatic carbocycles. The van der Waals surface area contributed by atoms with Crippen LogP contribution in [0, 0.1) is 11.8 Å². The van der Waals surface area contributed by atoms with Crippen molar-refractivity contribution in [2.45, 2.75) is 17.7 Å². The molecule has 3 aromatic rings. The molecule has 5 atom stereocenters. The predicted octanol–water partition coefficient (Wildman–Crippen LogP) is 4.78. The maximum atomic E-state index is 14.7. The van der Waals surface area contributed by atoms with Crippen LogP contribution in [0.3, 0.4) is 0 Å². The number of benzene rings is 3. The molecule has 0 radical (unpaired) electrons. The maximum Gasteiger partial charge on any atom is 0.247 e. The van der Waals surface area contributed by atoms with Crippen LogP contribution in [0.4, 0.5) is 11.4 Å². The number of hydrogen-bond donors (Lipinski definition) is 2. The van der Waals surface area contributed by atoms with Crippen molar-refractivity contribution in [3.63, 3.8) is 0 Å². The van der Waals surface area contributed by atoms with E-state index in [1.807, 2.05) is 0 Å². The van der Waals surface area contributed by atoms with E-state index in [1.165, 1.54) is 4.90 Å². The van der Waals surface area contributed by atoms with E-state index in [0.29, 0.717) is 32.7 Å². The predicted molar refractivity (Wildman–Crippen MR) is 151 cm³/mol. The second kappa shape index (κ2) is 10.3. The third kappa shape index (κ3) is 4.52.